The first-order chi connectivity index (χ1) is 6.91. The van der Waals surface area contributed by atoms with Gasteiger partial charge in [-0.15, -0.1) is 0 Å². The highest BCUT2D eigenvalue weighted by Gasteiger charge is 2.04. The molecule has 0 aliphatic carbocycles. The highest BCUT2D eigenvalue weighted by molar-refractivity contribution is 7.80. The van der Waals surface area contributed by atoms with E-state index in [2.05, 4.69) is 28.1 Å². The van der Waals surface area contributed by atoms with E-state index < -0.39 is 0 Å². The van der Waals surface area contributed by atoms with E-state index in [9.17, 15) is 4.79 Å². The van der Waals surface area contributed by atoms with Crippen LogP contribution in [0.3, 0.4) is 0 Å². The lowest BCUT2D eigenvalue weighted by molar-refractivity contribution is -0.120. The average molecular weight is 230 g/mol. The Morgan fingerprint density at radius 2 is 2.13 bits per heavy atom. The van der Waals surface area contributed by atoms with Crippen LogP contribution in [0.2, 0.25) is 0 Å². The van der Waals surface area contributed by atoms with Crippen LogP contribution in [0.1, 0.15) is 27.2 Å². The van der Waals surface area contributed by atoms with E-state index in [4.69, 9.17) is 5.73 Å². The maximum atomic E-state index is 11.3. The molecule has 0 aliphatic heterocycles. The number of carbonyl (C=O) groups excluding carboxylic acids is 1. The molecule has 4 N–H and O–H groups in total. The van der Waals surface area contributed by atoms with E-state index >= 15 is 0 Å². The third-order valence-electron chi connectivity index (χ3n) is 1.48. The molecule has 6 heteroatoms. The summed E-state index contributed by atoms with van der Waals surface area (Å²) in [5.74, 6) is 0.399. The van der Waals surface area contributed by atoms with Crippen molar-refractivity contribution in [2.45, 2.75) is 27.2 Å². The number of amides is 1. The Kier molecular flexibility index (Phi) is 6.61. The van der Waals surface area contributed by atoms with Gasteiger partial charge in [-0.05, 0) is 25.1 Å². The van der Waals surface area contributed by atoms with Crippen LogP contribution < -0.4 is 16.5 Å². The number of nitrogens with one attached hydrogen (secondary N) is 2. The van der Waals surface area contributed by atoms with Crippen LogP contribution in [0.5, 0.6) is 0 Å². The summed E-state index contributed by atoms with van der Waals surface area (Å²) in [7, 11) is 0. The lowest BCUT2D eigenvalue weighted by atomic mass is 10.2. The molecular weight excluding hydrogens is 212 g/mol. The minimum Gasteiger partial charge on any atom is -0.375 e. The summed E-state index contributed by atoms with van der Waals surface area (Å²) in [6.45, 7) is 6.49. The minimum absolute atomic E-state index is 0.0466. The molecule has 0 bridgehead atoms. The van der Waals surface area contributed by atoms with Crippen molar-refractivity contribution in [1.29, 1.82) is 0 Å². The molecule has 5 nitrogen and oxygen atoms in total. The van der Waals surface area contributed by atoms with Crippen molar-refractivity contribution in [3.8, 4) is 0 Å². The van der Waals surface area contributed by atoms with Gasteiger partial charge in [0.15, 0.2) is 5.11 Å². The first-order valence-corrected chi connectivity index (χ1v) is 5.18. The van der Waals surface area contributed by atoms with E-state index in [0.29, 0.717) is 18.2 Å². The fraction of sp³-hybridized carbons (Fsp3) is 0.667. The molecule has 0 fully saturated rings. The molecule has 0 saturated heterocycles. The average Bonchev–Trinajstić information content (AvgIpc) is 2.11. The van der Waals surface area contributed by atoms with Crippen molar-refractivity contribution < 1.29 is 4.79 Å². The lowest BCUT2D eigenvalue weighted by Gasteiger charge is -2.07. The van der Waals surface area contributed by atoms with Gasteiger partial charge in [0.1, 0.15) is 0 Å². The van der Waals surface area contributed by atoms with Gasteiger partial charge < -0.3 is 11.1 Å². The summed E-state index contributed by atoms with van der Waals surface area (Å²) in [5, 5.41) is 6.71. The van der Waals surface area contributed by atoms with Crippen LogP contribution in [0, 0.1) is 5.92 Å². The third-order valence-corrected chi connectivity index (χ3v) is 1.57. The molecule has 0 unspecified atom stereocenters. The zero-order valence-electron chi connectivity index (χ0n) is 9.33. The first kappa shape index (κ1) is 13.8. The quantitative estimate of drug-likeness (QED) is 0.362. The number of nitrogens with zero attached hydrogens (tertiary/aromatic N) is 1. The topological polar surface area (TPSA) is 79.5 Å². The van der Waals surface area contributed by atoms with Crippen molar-refractivity contribution >= 4 is 28.9 Å². The Morgan fingerprint density at radius 1 is 1.53 bits per heavy atom. The number of hydrazone groups is 1. The van der Waals surface area contributed by atoms with Gasteiger partial charge >= 0.3 is 0 Å². The van der Waals surface area contributed by atoms with Crippen LogP contribution in [0.4, 0.5) is 0 Å². The molecule has 0 aromatic heterocycles. The molecule has 0 aromatic rings. The number of nitrogens with two attached hydrogens (primary N) is 1. The fourth-order valence-corrected chi connectivity index (χ4v) is 0.849. The Bertz CT molecular complexity index is 263. The van der Waals surface area contributed by atoms with Gasteiger partial charge in [0.2, 0.25) is 5.91 Å². The van der Waals surface area contributed by atoms with E-state index in [1.807, 2.05) is 13.8 Å². The Balaban J connectivity index is 3.85. The van der Waals surface area contributed by atoms with Gasteiger partial charge in [0, 0.05) is 12.3 Å². The zero-order chi connectivity index (χ0) is 11.8. The van der Waals surface area contributed by atoms with Crippen molar-refractivity contribution in [1.82, 2.24) is 10.7 Å². The Morgan fingerprint density at radius 3 is 2.60 bits per heavy atom. The SMILES string of the molecule is CC(CC(=O)NCC(C)C)=NNC(N)=S. The molecule has 15 heavy (non-hydrogen) atoms. The van der Waals surface area contributed by atoms with Gasteiger partial charge in [0.25, 0.3) is 0 Å². The summed E-state index contributed by atoms with van der Waals surface area (Å²) in [6, 6.07) is 0. The smallest absolute Gasteiger partial charge is 0.225 e. The Hall–Kier alpha value is -1.17. The predicted octanol–water partition coefficient (Wildman–Crippen LogP) is 0.358. The van der Waals surface area contributed by atoms with Crippen molar-refractivity contribution in [2.24, 2.45) is 16.8 Å². The van der Waals surface area contributed by atoms with Crippen LogP contribution in [0.25, 0.3) is 0 Å². The van der Waals surface area contributed by atoms with E-state index in [1.54, 1.807) is 6.92 Å². The third kappa shape index (κ3) is 9.14. The second-order valence-electron chi connectivity index (χ2n) is 3.70. The van der Waals surface area contributed by atoms with E-state index in [1.165, 1.54) is 0 Å². The standard InChI is InChI=1S/C9H18N4OS/c1-6(2)5-11-8(14)4-7(3)12-13-9(10)15/h6H,4-5H2,1-3H3,(H,11,14)(H3,10,13,15). The molecule has 0 spiro atoms. The number of rotatable bonds is 5. The highest BCUT2D eigenvalue weighted by atomic mass is 32.1. The monoisotopic (exact) mass is 230 g/mol. The Labute approximate surface area is 95.5 Å². The molecule has 86 valence electrons. The van der Waals surface area contributed by atoms with E-state index in [-0.39, 0.29) is 17.4 Å². The summed E-state index contributed by atoms with van der Waals surface area (Å²) in [4.78, 5) is 11.3. The molecular formula is C9H18N4OS. The lowest BCUT2D eigenvalue weighted by Crippen LogP contribution is -2.30. The summed E-state index contributed by atoms with van der Waals surface area (Å²) >= 11 is 4.57. The second-order valence-corrected chi connectivity index (χ2v) is 4.14. The van der Waals surface area contributed by atoms with Crippen molar-refractivity contribution in [3.05, 3.63) is 0 Å². The predicted molar refractivity (Wildman–Crippen MR) is 65.5 cm³/mol. The number of hydrogen-bond donors (Lipinski definition) is 3. The maximum Gasteiger partial charge on any atom is 0.225 e. The fourth-order valence-electron chi connectivity index (χ4n) is 0.803. The van der Waals surface area contributed by atoms with Gasteiger partial charge in [-0.2, -0.15) is 5.10 Å². The summed E-state index contributed by atoms with van der Waals surface area (Å²) in [6.07, 6.45) is 0.252. The molecule has 0 atom stereocenters. The van der Waals surface area contributed by atoms with Crippen LogP contribution in [0.15, 0.2) is 5.10 Å². The minimum atomic E-state index is -0.0466. The van der Waals surface area contributed by atoms with Gasteiger partial charge in [-0.25, -0.2) is 0 Å². The molecule has 0 aromatic carbocycles. The van der Waals surface area contributed by atoms with Crippen molar-refractivity contribution in [2.75, 3.05) is 6.54 Å². The van der Waals surface area contributed by atoms with Crippen LogP contribution in [-0.4, -0.2) is 23.3 Å². The number of hydrogen-bond acceptors (Lipinski definition) is 3. The normalized spacial score (nSPS) is 11.3. The number of thiocarbonyl (C=S) groups is 1. The van der Waals surface area contributed by atoms with Crippen LogP contribution >= 0.6 is 12.2 Å². The van der Waals surface area contributed by atoms with E-state index in [0.717, 1.165) is 0 Å². The summed E-state index contributed by atoms with van der Waals surface area (Å²) < 4.78 is 0. The molecule has 0 heterocycles. The van der Waals surface area contributed by atoms with Gasteiger partial charge in [-0.3, -0.25) is 10.2 Å². The molecule has 1 amide bonds. The first-order valence-electron chi connectivity index (χ1n) is 4.77. The molecule has 0 saturated carbocycles. The maximum absolute atomic E-state index is 11.3. The second kappa shape index (κ2) is 7.17. The zero-order valence-corrected chi connectivity index (χ0v) is 10.1. The highest BCUT2D eigenvalue weighted by Crippen LogP contribution is 1.90. The van der Waals surface area contributed by atoms with Crippen LogP contribution in [-0.2, 0) is 4.79 Å². The largest absolute Gasteiger partial charge is 0.375 e. The van der Waals surface area contributed by atoms with Gasteiger partial charge in [0.05, 0.1) is 6.42 Å². The van der Waals surface area contributed by atoms with Crippen molar-refractivity contribution in [3.63, 3.8) is 0 Å². The summed E-state index contributed by atoms with van der Waals surface area (Å²) in [5.41, 5.74) is 8.26. The van der Waals surface area contributed by atoms with Gasteiger partial charge in [-0.1, -0.05) is 13.8 Å². The number of carbonyl (C=O) groups is 1. The molecule has 0 radical (unpaired) electrons. The molecule has 0 aliphatic rings. The molecule has 0 rings (SSSR count).